The van der Waals surface area contributed by atoms with Gasteiger partial charge in [-0.25, -0.2) is 4.98 Å². The molecule has 2 heterocycles. The zero-order valence-corrected chi connectivity index (χ0v) is 14.7. The summed E-state index contributed by atoms with van der Waals surface area (Å²) in [6, 6.07) is 4.97. The van der Waals surface area contributed by atoms with E-state index in [4.69, 9.17) is 4.74 Å². The number of anilines is 1. The van der Waals surface area contributed by atoms with Gasteiger partial charge in [-0.2, -0.15) is 0 Å². The molecule has 22 heavy (non-hydrogen) atoms. The molecule has 0 aromatic carbocycles. The normalized spacial score (nSPS) is 15.6. The molecule has 2 rings (SSSR count). The van der Waals surface area contributed by atoms with Gasteiger partial charge in [0.05, 0.1) is 6.61 Å². The van der Waals surface area contributed by atoms with Crippen LogP contribution in [-0.4, -0.2) is 63.4 Å². The first kappa shape index (κ1) is 19.2. The van der Waals surface area contributed by atoms with E-state index in [0.717, 1.165) is 38.6 Å². The summed E-state index contributed by atoms with van der Waals surface area (Å²) in [5, 5.41) is 3.42. The Morgan fingerprint density at radius 2 is 2.00 bits per heavy atom. The molecule has 1 aliphatic rings. The van der Waals surface area contributed by atoms with Crippen LogP contribution in [0.5, 0.6) is 0 Å². The average molecular weight is 329 g/mol. The number of methoxy groups -OCH3 is 1. The van der Waals surface area contributed by atoms with E-state index in [1.807, 2.05) is 13.2 Å². The van der Waals surface area contributed by atoms with Gasteiger partial charge in [-0.3, -0.25) is 4.90 Å². The van der Waals surface area contributed by atoms with Gasteiger partial charge in [-0.1, -0.05) is 6.07 Å². The predicted octanol–water partition coefficient (Wildman–Crippen LogP) is 1.77. The molecule has 0 saturated carbocycles. The third kappa shape index (κ3) is 5.72. The zero-order valence-electron chi connectivity index (χ0n) is 13.9. The summed E-state index contributed by atoms with van der Waals surface area (Å²) in [5.41, 5.74) is 1.28. The maximum Gasteiger partial charge on any atom is 0.128 e. The van der Waals surface area contributed by atoms with Crippen LogP contribution in [-0.2, 0) is 11.3 Å². The molecule has 1 fully saturated rings. The molecule has 126 valence electrons. The minimum atomic E-state index is 0. The molecule has 0 amide bonds. The minimum absolute atomic E-state index is 0. The van der Waals surface area contributed by atoms with Crippen LogP contribution in [0.15, 0.2) is 18.3 Å². The number of piperidine rings is 1. The Morgan fingerprint density at radius 3 is 2.59 bits per heavy atom. The number of hydrogen-bond donors (Lipinski definition) is 1. The van der Waals surface area contributed by atoms with Crippen molar-refractivity contribution in [2.45, 2.75) is 25.4 Å². The first-order valence-electron chi connectivity index (χ1n) is 7.76. The van der Waals surface area contributed by atoms with Crippen molar-refractivity contribution in [3.8, 4) is 0 Å². The maximum atomic E-state index is 5.10. The summed E-state index contributed by atoms with van der Waals surface area (Å²) in [4.78, 5) is 9.13. The van der Waals surface area contributed by atoms with Gasteiger partial charge in [0, 0.05) is 39.5 Å². The quantitative estimate of drug-likeness (QED) is 0.826. The number of nitrogens with zero attached hydrogens (tertiary/aromatic N) is 3. The van der Waals surface area contributed by atoms with Crippen LogP contribution in [0.3, 0.4) is 0 Å². The van der Waals surface area contributed by atoms with Crippen molar-refractivity contribution < 1.29 is 4.74 Å². The second-order valence-corrected chi connectivity index (χ2v) is 5.84. The van der Waals surface area contributed by atoms with E-state index in [1.165, 1.54) is 18.4 Å². The topological polar surface area (TPSA) is 40.6 Å². The molecule has 5 nitrogen and oxygen atoms in total. The number of halogens is 1. The van der Waals surface area contributed by atoms with Crippen molar-refractivity contribution >= 4 is 18.2 Å². The molecule has 0 aliphatic carbocycles. The van der Waals surface area contributed by atoms with E-state index in [9.17, 15) is 0 Å². The average Bonchev–Trinajstić information content (AvgIpc) is 2.54. The molecule has 0 spiro atoms. The van der Waals surface area contributed by atoms with Crippen molar-refractivity contribution in [2.75, 3.05) is 52.3 Å². The Kier molecular flexibility index (Phi) is 8.71. The lowest BCUT2D eigenvalue weighted by molar-refractivity contribution is 0.191. The summed E-state index contributed by atoms with van der Waals surface area (Å²) in [6.45, 7) is 4.82. The molecule has 1 aliphatic heterocycles. The van der Waals surface area contributed by atoms with Gasteiger partial charge in [0.25, 0.3) is 0 Å². The van der Waals surface area contributed by atoms with Gasteiger partial charge in [-0.05, 0) is 44.6 Å². The summed E-state index contributed by atoms with van der Waals surface area (Å²) < 4.78 is 5.10. The predicted molar refractivity (Wildman–Crippen MR) is 94.0 cm³/mol. The smallest absolute Gasteiger partial charge is 0.128 e. The van der Waals surface area contributed by atoms with Crippen LogP contribution in [0.4, 0.5) is 5.82 Å². The van der Waals surface area contributed by atoms with Gasteiger partial charge in [0.15, 0.2) is 0 Å². The van der Waals surface area contributed by atoms with Gasteiger partial charge in [0.2, 0.25) is 0 Å². The van der Waals surface area contributed by atoms with Gasteiger partial charge >= 0.3 is 0 Å². The van der Waals surface area contributed by atoms with Crippen LogP contribution < -0.4 is 10.2 Å². The lowest BCUT2D eigenvalue weighted by Gasteiger charge is -2.31. The van der Waals surface area contributed by atoms with E-state index in [-0.39, 0.29) is 12.4 Å². The zero-order chi connectivity index (χ0) is 15.1. The lowest BCUT2D eigenvalue weighted by Crippen LogP contribution is -2.40. The molecule has 1 aromatic heterocycles. The first-order valence-corrected chi connectivity index (χ1v) is 7.76. The summed E-state index contributed by atoms with van der Waals surface area (Å²) in [6.07, 6.45) is 4.47. The van der Waals surface area contributed by atoms with E-state index in [0.29, 0.717) is 6.04 Å². The number of pyridine rings is 1. The fraction of sp³-hybridized carbons (Fsp3) is 0.688. The Balaban J connectivity index is 0.00000242. The van der Waals surface area contributed by atoms with E-state index >= 15 is 0 Å². The van der Waals surface area contributed by atoms with Crippen LogP contribution in [0.1, 0.15) is 18.4 Å². The van der Waals surface area contributed by atoms with Crippen molar-refractivity contribution in [3.05, 3.63) is 23.9 Å². The fourth-order valence-electron chi connectivity index (χ4n) is 2.74. The number of ether oxygens (including phenoxy) is 1. The van der Waals surface area contributed by atoms with Crippen molar-refractivity contribution in [3.63, 3.8) is 0 Å². The van der Waals surface area contributed by atoms with Crippen LogP contribution >= 0.6 is 12.4 Å². The number of nitrogens with one attached hydrogen (secondary N) is 1. The number of hydrogen-bond acceptors (Lipinski definition) is 5. The van der Waals surface area contributed by atoms with Crippen LogP contribution in [0.25, 0.3) is 0 Å². The van der Waals surface area contributed by atoms with E-state index in [2.05, 4.69) is 39.3 Å². The molecule has 0 radical (unpaired) electrons. The van der Waals surface area contributed by atoms with Crippen molar-refractivity contribution in [1.82, 2.24) is 15.2 Å². The molecule has 6 heteroatoms. The van der Waals surface area contributed by atoms with E-state index in [1.54, 1.807) is 7.11 Å². The summed E-state index contributed by atoms with van der Waals surface area (Å²) in [5.74, 6) is 1.00. The Bertz CT molecular complexity index is 409. The largest absolute Gasteiger partial charge is 0.383 e. The molecular weight excluding hydrogens is 300 g/mol. The fourth-order valence-corrected chi connectivity index (χ4v) is 2.74. The second kappa shape index (κ2) is 10.0. The van der Waals surface area contributed by atoms with Crippen LogP contribution in [0, 0.1) is 0 Å². The molecule has 1 aromatic rings. The molecule has 0 atom stereocenters. The highest BCUT2D eigenvalue weighted by atomic mass is 35.5. The number of rotatable bonds is 7. The van der Waals surface area contributed by atoms with Gasteiger partial charge in [0.1, 0.15) is 5.82 Å². The highest BCUT2D eigenvalue weighted by Gasteiger charge is 2.17. The molecule has 0 unspecified atom stereocenters. The third-order valence-corrected chi connectivity index (χ3v) is 4.20. The van der Waals surface area contributed by atoms with Crippen molar-refractivity contribution in [1.29, 1.82) is 0 Å². The third-order valence-electron chi connectivity index (χ3n) is 4.20. The van der Waals surface area contributed by atoms with Crippen molar-refractivity contribution in [2.24, 2.45) is 0 Å². The highest BCUT2D eigenvalue weighted by molar-refractivity contribution is 5.85. The highest BCUT2D eigenvalue weighted by Crippen LogP contribution is 2.15. The monoisotopic (exact) mass is 328 g/mol. The van der Waals surface area contributed by atoms with Gasteiger partial charge < -0.3 is 15.0 Å². The molecular formula is C16H29ClN4O. The maximum absolute atomic E-state index is 5.10. The minimum Gasteiger partial charge on any atom is -0.383 e. The van der Waals surface area contributed by atoms with Gasteiger partial charge in [-0.15, -0.1) is 12.4 Å². The van der Waals surface area contributed by atoms with Crippen LogP contribution in [0.2, 0.25) is 0 Å². The Hall–Kier alpha value is -0.880. The summed E-state index contributed by atoms with van der Waals surface area (Å²) in [7, 11) is 5.98. The molecule has 1 saturated heterocycles. The number of likely N-dealkylation sites (N-methyl/N-ethyl adjacent to an activating group) is 1. The Labute approximate surface area is 140 Å². The summed E-state index contributed by atoms with van der Waals surface area (Å²) >= 11 is 0. The standard InChI is InChI=1S/C16H28N4O.ClH/c1-19(10-11-21-3)16-5-4-14(12-18-16)13-20(2)15-6-8-17-9-7-15;/h4-5,12,15,17H,6-11,13H2,1-3H3;1H. The number of aromatic nitrogens is 1. The SMILES string of the molecule is COCCN(C)c1ccc(CN(C)C2CCNCC2)cn1.Cl. The first-order chi connectivity index (χ1) is 10.2. The van der Waals surface area contributed by atoms with E-state index < -0.39 is 0 Å². The molecule has 1 N–H and O–H groups in total. The lowest BCUT2D eigenvalue weighted by atomic mass is 10.0. The molecule has 0 bridgehead atoms. The second-order valence-electron chi connectivity index (χ2n) is 5.84. The Morgan fingerprint density at radius 1 is 1.27 bits per heavy atom.